The molecule has 0 bridgehead atoms. The zero-order chi connectivity index (χ0) is 20.0. The van der Waals surface area contributed by atoms with Crippen LogP contribution >= 0.6 is 0 Å². The van der Waals surface area contributed by atoms with E-state index in [-0.39, 0.29) is 12.5 Å². The van der Waals surface area contributed by atoms with Crippen LogP contribution in [0.15, 0.2) is 18.2 Å². The number of hydrogen-bond acceptors (Lipinski definition) is 7. The molecule has 0 radical (unpaired) electrons. The summed E-state index contributed by atoms with van der Waals surface area (Å²) in [4.78, 5) is 24.3. The smallest absolute Gasteiger partial charge is 0.408 e. The van der Waals surface area contributed by atoms with Gasteiger partial charge in [0.25, 0.3) is 0 Å². The molecule has 3 atom stereocenters. The van der Waals surface area contributed by atoms with Crippen LogP contribution in [0.4, 0.5) is 4.79 Å². The van der Waals surface area contributed by atoms with Crippen molar-refractivity contribution in [2.24, 2.45) is 0 Å². The Hall–Kier alpha value is -2.29. The van der Waals surface area contributed by atoms with Crippen LogP contribution in [-0.4, -0.2) is 49.7 Å². The molecule has 1 saturated carbocycles. The lowest BCUT2D eigenvalue weighted by Gasteiger charge is -2.22. The number of benzene rings is 1. The minimum Gasteiger partial charge on any atom is -0.454 e. The van der Waals surface area contributed by atoms with Crippen LogP contribution in [-0.2, 0) is 19.4 Å². The Labute approximate surface area is 158 Å². The van der Waals surface area contributed by atoms with Crippen LogP contribution in [0.25, 0.3) is 0 Å². The van der Waals surface area contributed by atoms with Crippen LogP contribution in [0.2, 0.25) is 0 Å². The Balaban J connectivity index is 1.97. The van der Waals surface area contributed by atoms with E-state index in [9.17, 15) is 18.0 Å². The first kappa shape index (κ1) is 19.5. The Morgan fingerprint density at radius 2 is 2.00 bits per heavy atom. The topological polar surface area (TPSA) is 108 Å². The maximum Gasteiger partial charge on any atom is 0.408 e. The van der Waals surface area contributed by atoms with Gasteiger partial charge in [-0.1, -0.05) is 13.0 Å². The molecule has 8 nitrogen and oxygen atoms in total. The maximum absolute atomic E-state index is 12.6. The van der Waals surface area contributed by atoms with Gasteiger partial charge in [0.15, 0.2) is 21.3 Å². The molecular weight excluding hydrogens is 374 g/mol. The highest BCUT2D eigenvalue weighted by molar-refractivity contribution is 7.92. The number of amides is 1. The summed E-state index contributed by atoms with van der Waals surface area (Å²) in [5.74, 6) is 0.141. The fourth-order valence-electron chi connectivity index (χ4n) is 3.41. The van der Waals surface area contributed by atoms with Gasteiger partial charge in [0, 0.05) is 11.7 Å². The largest absolute Gasteiger partial charge is 0.454 e. The third-order valence-electron chi connectivity index (χ3n) is 4.64. The minimum absolute atomic E-state index is 0.0785. The van der Waals surface area contributed by atoms with Crippen LogP contribution < -0.4 is 14.8 Å². The fraction of sp³-hybridized carbons (Fsp3) is 0.556. The summed E-state index contributed by atoms with van der Waals surface area (Å²) in [6, 6.07) is 4.99. The molecule has 1 aromatic carbocycles. The van der Waals surface area contributed by atoms with Gasteiger partial charge in [-0.2, -0.15) is 0 Å². The summed E-state index contributed by atoms with van der Waals surface area (Å²) in [6.07, 6.45) is -0.349. The average molecular weight is 397 g/mol. The number of fused-ring (bicyclic) bond motifs is 1. The SMILES string of the molecule is CCS(=O)(=O)[C@@H]1[C@H](c2ccc3c(c2)OCO3)[C@@]1(C=O)NC(=O)OC(C)(C)C. The van der Waals surface area contributed by atoms with E-state index in [1.54, 1.807) is 39.0 Å². The molecule has 9 heteroatoms. The lowest BCUT2D eigenvalue weighted by molar-refractivity contribution is -0.110. The molecule has 148 valence electrons. The summed E-state index contributed by atoms with van der Waals surface area (Å²) in [7, 11) is -3.62. The molecule has 1 heterocycles. The van der Waals surface area contributed by atoms with Gasteiger partial charge >= 0.3 is 6.09 Å². The Morgan fingerprint density at radius 3 is 2.59 bits per heavy atom. The molecule has 0 spiro atoms. The molecule has 1 aliphatic heterocycles. The number of carbonyl (C=O) groups excluding carboxylic acids is 2. The number of sulfone groups is 1. The number of rotatable bonds is 5. The summed E-state index contributed by atoms with van der Waals surface area (Å²) in [6.45, 7) is 6.64. The summed E-state index contributed by atoms with van der Waals surface area (Å²) in [5, 5.41) is 1.43. The monoisotopic (exact) mass is 397 g/mol. The van der Waals surface area contributed by atoms with Crippen molar-refractivity contribution in [2.45, 2.75) is 50.0 Å². The molecular formula is C18H23NO7S. The predicted molar refractivity (Wildman–Crippen MR) is 96.7 cm³/mol. The zero-order valence-corrected chi connectivity index (χ0v) is 16.5. The summed E-state index contributed by atoms with van der Waals surface area (Å²) in [5.41, 5.74) is -1.79. The van der Waals surface area contributed by atoms with Gasteiger partial charge in [-0.25, -0.2) is 13.2 Å². The van der Waals surface area contributed by atoms with Crippen LogP contribution in [0.5, 0.6) is 11.5 Å². The van der Waals surface area contributed by atoms with E-state index in [0.717, 1.165) is 0 Å². The molecule has 1 aromatic rings. The van der Waals surface area contributed by atoms with Crippen molar-refractivity contribution in [3.05, 3.63) is 23.8 Å². The van der Waals surface area contributed by atoms with E-state index in [1.807, 2.05) is 0 Å². The molecule has 27 heavy (non-hydrogen) atoms. The molecule has 1 fully saturated rings. The van der Waals surface area contributed by atoms with Crippen LogP contribution in [0, 0.1) is 0 Å². The standard InChI is InChI=1S/C18H23NO7S/c1-5-27(22,23)15-14(11-6-7-12-13(8-11)25-10-24-12)18(15,9-20)19-16(21)26-17(2,3)4/h6-9,14-15H,5,10H2,1-4H3,(H,19,21)/t14-,15+,18+/m0/s1. The van der Waals surface area contributed by atoms with Gasteiger partial charge < -0.3 is 24.3 Å². The normalized spacial score (nSPS) is 26.4. The predicted octanol–water partition coefficient (Wildman–Crippen LogP) is 1.78. The number of ether oxygens (including phenoxy) is 3. The van der Waals surface area contributed by atoms with Crippen molar-refractivity contribution in [3.63, 3.8) is 0 Å². The Kier molecular flexibility index (Phi) is 4.62. The van der Waals surface area contributed by atoms with E-state index >= 15 is 0 Å². The third-order valence-corrected chi connectivity index (χ3v) is 6.88. The molecule has 2 aliphatic rings. The lowest BCUT2D eigenvalue weighted by atomic mass is 10.1. The second-order valence-electron chi connectivity index (χ2n) is 7.64. The van der Waals surface area contributed by atoms with E-state index in [2.05, 4.69) is 5.32 Å². The van der Waals surface area contributed by atoms with Crippen molar-refractivity contribution in [1.29, 1.82) is 0 Å². The first-order valence-electron chi connectivity index (χ1n) is 8.62. The number of nitrogens with one attached hydrogen (secondary N) is 1. The van der Waals surface area contributed by atoms with Gasteiger partial charge in [-0.05, 0) is 38.5 Å². The highest BCUT2D eigenvalue weighted by Crippen LogP contribution is 2.56. The first-order chi connectivity index (χ1) is 12.5. The van der Waals surface area contributed by atoms with Crippen molar-refractivity contribution in [3.8, 4) is 11.5 Å². The molecule has 1 aliphatic carbocycles. The lowest BCUT2D eigenvalue weighted by Crippen LogP contribution is -2.45. The Bertz CT molecular complexity index is 874. The number of carbonyl (C=O) groups is 2. The minimum atomic E-state index is -3.62. The second-order valence-corrected chi connectivity index (χ2v) is 10.1. The molecule has 0 unspecified atom stereocenters. The summed E-state index contributed by atoms with van der Waals surface area (Å²) < 4.78 is 41.1. The highest BCUT2D eigenvalue weighted by Gasteiger charge is 2.72. The second kappa shape index (κ2) is 6.40. The van der Waals surface area contributed by atoms with Gasteiger partial charge in [-0.3, -0.25) is 0 Å². The number of hydrogen-bond donors (Lipinski definition) is 1. The van der Waals surface area contributed by atoms with Gasteiger partial charge in [-0.15, -0.1) is 0 Å². The molecule has 1 N–H and O–H groups in total. The summed E-state index contributed by atoms with van der Waals surface area (Å²) >= 11 is 0. The molecule has 0 aromatic heterocycles. The third kappa shape index (κ3) is 3.47. The van der Waals surface area contributed by atoms with Gasteiger partial charge in [0.2, 0.25) is 6.79 Å². The van der Waals surface area contributed by atoms with Crippen molar-refractivity contribution >= 4 is 22.2 Å². The van der Waals surface area contributed by atoms with Gasteiger partial charge in [0.1, 0.15) is 22.7 Å². The van der Waals surface area contributed by atoms with E-state index in [0.29, 0.717) is 23.3 Å². The molecule has 1 amide bonds. The number of aldehydes is 1. The fourth-order valence-corrected chi connectivity index (χ4v) is 5.35. The quantitative estimate of drug-likeness (QED) is 0.755. The van der Waals surface area contributed by atoms with E-state index in [1.165, 1.54) is 6.92 Å². The van der Waals surface area contributed by atoms with Crippen molar-refractivity contribution in [1.82, 2.24) is 5.32 Å². The van der Waals surface area contributed by atoms with Crippen molar-refractivity contribution < 1.29 is 32.2 Å². The molecule has 0 saturated heterocycles. The van der Waals surface area contributed by atoms with Gasteiger partial charge in [0.05, 0.1) is 0 Å². The Morgan fingerprint density at radius 1 is 1.33 bits per heavy atom. The first-order valence-corrected chi connectivity index (χ1v) is 10.3. The maximum atomic E-state index is 12.6. The molecule has 3 rings (SSSR count). The highest BCUT2D eigenvalue weighted by atomic mass is 32.2. The van der Waals surface area contributed by atoms with Crippen LogP contribution in [0.1, 0.15) is 39.2 Å². The zero-order valence-electron chi connectivity index (χ0n) is 15.6. The average Bonchev–Trinajstić information content (AvgIpc) is 3.00. The van der Waals surface area contributed by atoms with Crippen molar-refractivity contribution in [2.75, 3.05) is 12.5 Å². The number of alkyl carbamates (subject to hydrolysis) is 1. The van der Waals surface area contributed by atoms with Crippen LogP contribution in [0.3, 0.4) is 0 Å². The van der Waals surface area contributed by atoms with E-state index in [4.69, 9.17) is 14.2 Å². The van der Waals surface area contributed by atoms with E-state index < -0.39 is 38.2 Å².